The molecule has 10 heteroatoms. The number of thiazole rings is 1. The first kappa shape index (κ1) is 16.6. The Hall–Kier alpha value is -3.27. The fourth-order valence-electron chi connectivity index (χ4n) is 2.16. The lowest BCUT2D eigenvalue weighted by Crippen LogP contribution is -2.06. The molecule has 0 atom stereocenters. The number of fused-ring (bicyclic) bond motifs is 1. The maximum absolute atomic E-state index is 11.2. The lowest BCUT2D eigenvalue weighted by molar-refractivity contribution is -0.393. The van der Waals surface area contributed by atoms with Crippen molar-refractivity contribution in [2.45, 2.75) is 0 Å². The van der Waals surface area contributed by atoms with E-state index in [1.165, 1.54) is 6.07 Å². The van der Waals surface area contributed by atoms with Gasteiger partial charge < -0.3 is 9.32 Å². The molecule has 9 nitrogen and oxygen atoms in total. The molecule has 0 fully saturated rings. The van der Waals surface area contributed by atoms with E-state index < -0.39 is 9.85 Å². The number of furan rings is 1. The third kappa shape index (κ3) is 3.33. The lowest BCUT2D eigenvalue weighted by Gasteiger charge is -2.05. The number of anilines is 1. The molecule has 0 aliphatic carbocycles. The van der Waals surface area contributed by atoms with Crippen LogP contribution >= 0.6 is 11.3 Å². The second-order valence-corrected chi connectivity index (χ2v) is 6.34. The van der Waals surface area contributed by atoms with Gasteiger partial charge in [0.1, 0.15) is 10.8 Å². The summed E-state index contributed by atoms with van der Waals surface area (Å²) in [5.74, 6) is 1.29. The van der Waals surface area contributed by atoms with Gasteiger partial charge in [-0.05, 0) is 18.2 Å². The maximum atomic E-state index is 11.2. The molecule has 0 saturated heterocycles. The summed E-state index contributed by atoms with van der Waals surface area (Å²) in [5, 5.41) is 22.6. The molecule has 2 aromatic heterocycles. The van der Waals surface area contributed by atoms with Gasteiger partial charge in [0.25, 0.3) is 5.69 Å². The van der Waals surface area contributed by atoms with Crippen LogP contribution in [0.5, 0.6) is 0 Å². The van der Waals surface area contributed by atoms with Gasteiger partial charge in [0, 0.05) is 26.2 Å². The molecule has 25 heavy (non-hydrogen) atoms. The molecule has 1 aromatic carbocycles. The van der Waals surface area contributed by atoms with Crippen LogP contribution in [0.25, 0.3) is 22.4 Å². The summed E-state index contributed by atoms with van der Waals surface area (Å²) in [4.78, 5) is 26.8. The molecule has 0 saturated carbocycles. The molecule has 0 aliphatic rings. The van der Waals surface area contributed by atoms with Gasteiger partial charge in [0.2, 0.25) is 0 Å². The molecule has 0 unspecified atom stereocenters. The van der Waals surface area contributed by atoms with Crippen molar-refractivity contribution in [1.82, 2.24) is 4.98 Å². The number of nitrogens with zero attached hydrogens (tertiary/aromatic N) is 4. The summed E-state index contributed by atoms with van der Waals surface area (Å²) in [7, 11) is 3.71. The number of hydrogen-bond donors (Lipinski definition) is 0. The van der Waals surface area contributed by atoms with Gasteiger partial charge in [-0.25, -0.2) is 4.98 Å². The van der Waals surface area contributed by atoms with Gasteiger partial charge in [0.05, 0.1) is 20.6 Å². The van der Waals surface area contributed by atoms with Crippen LogP contribution in [0.2, 0.25) is 0 Å². The molecule has 3 rings (SSSR count). The predicted molar refractivity (Wildman–Crippen MR) is 94.9 cm³/mol. The number of nitro groups is 2. The average molecular weight is 360 g/mol. The Morgan fingerprint density at radius 1 is 1.16 bits per heavy atom. The first-order chi connectivity index (χ1) is 11.8. The van der Waals surface area contributed by atoms with Gasteiger partial charge >= 0.3 is 5.69 Å². The summed E-state index contributed by atoms with van der Waals surface area (Å²) < 4.78 is 5.96. The van der Waals surface area contributed by atoms with Crippen LogP contribution in [0, 0.1) is 20.2 Å². The summed E-state index contributed by atoms with van der Waals surface area (Å²) in [6.45, 7) is 0. The first-order valence-corrected chi connectivity index (χ1v) is 7.85. The first-order valence-electron chi connectivity index (χ1n) is 7.04. The Bertz CT molecular complexity index is 1000. The molecule has 0 radical (unpaired) electrons. The highest BCUT2D eigenvalue weighted by molar-refractivity contribution is 7.19. The predicted octanol–water partition coefficient (Wildman–Crippen LogP) is 3.94. The monoisotopic (exact) mass is 360 g/mol. The topological polar surface area (TPSA) is 116 Å². The van der Waals surface area contributed by atoms with Gasteiger partial charge in [-0.15, -0.1) is 11.3 Å². The van der Waals surface area contributed by atoms with Gasteiger partial charge in [-0.2, -0.15) is 0 Å². The van der Waals surface area contributed by atoms with Gasteiger partial charge in [-0.3, -0.25) is 20.2 Å². The van der Waals surface area contributed by atoms with E-state index in [0.717, 1.165) is 17.4 Å². The molecule has 3 aromatic rings. The van der Waals surface area contributed by atoms with Crippen LogP contribution in [0.1, 0.15) is 10.8 Å². The Morgan fingerprint density at radius 3 is 2.52 bits per heavy atom. The van der Waals surface area contributed by atoms with E-state index in [1.54, 1.807) is 18.2 Å². The highest BCUT2D eigenvalue weighted by Crippen LogP contribution is 2.34. The summed E-state index contributed by atoms with van der Waals surface area (Å²) in [6, 6.07) is 5.80. The maximum Gasteiger partial charge on any atom is 0.303 e. The van der Waals surface area contributed by atoms with Gasteiger partial charge in [-0.1, -0.05) is 0 Å². The lowest BCUT2D eigenvalue weighted by atomic mass is 10.2. The van der Waals surface area contributed by atoms with Crippen molar-refractivity contribution >= 4 is 51.0 Å². The van der Waals surface area contributed by atoms with Crippen molar-refractivity contribution < 1.29 is 14.3 Å². The SMILES string of the molecule is CN(C)c1ccc(C=Cc2nc3c([N+](=O)[O-])cc([N+](=O)[O-])cc3s2)o1. The molecule has 0 aliphatic heterocycles. The minimum Gasteiger partial charge on any atom is -0.441 e. The zero-order chi connectivity index (χ0) is 18.1. The fourth-order valence-corrected chi connectivity index (χ4v) is 3.08. The minimum atomic E-state index is -0.668. The van der Waals surface area contributed by atoms with E-state index in [-0.39, 0.29) is 16.9 Å². The van der Waals surface area contributed by atoms with Crippen LogP contribution in [0.4, 0.5) is 17.3 Å². The van der Waals surface area contributed by atoms with E-state index in [4.69, 9.17) is 4.42 Å². The second kappa shape index (κ2) is 6.32. The molecule has 2 heterocycles. The highest BCUT2D eigenvalue weighted by atomic mass is 32.1. The van der Waals surface area contributed by atoms with Crippen LogP contribution in [0.15, 0.2) is 28.7 Å². The standard InChI is InChI=1S/C15H12N4O5S/c1-17(2)14-6-4-10(24-14)3-5-13-16-15-11(19(22)23)7-9(18(20)21)8-12(15)25-13/h3-8H,1-2H3. The average Bonchev–Trinajstić information content (AvgIpc) is 3.17. The second-order valence-electron chi connectivity index (χ2n) is 5.28. The summed E-state index contributed by atoms with van der Waals surface area (Å²) >= 11 is 1.13. The Balaban J connectivity index is 1.99. The van der Waals surface area contributed by atoms with E-state index >= 15 is 0 Å². The number of benzene rings is 1. The molecule has 0 spiro atoms. The summed E-state index contributed by atoms with van der Waals surface area (Å²) in [6.07, 6.45) is 3.34. The van der Waals surface area contributed by atoms with Crippen LogP contribution in [-0.4, -0.2) is 28.9 Å². The molecule has 0 N–H and O–H groups in total. The minimum absolute atomic E-state index is 0.133. The fraction of sp³-hybridized carbons (Fsp3) is 0.133. The Kier molecular flexibility index (Phi) is 4.19. The Morgan fingerprint density at radius 2 is 1.92 bits per heavy atom. The van der Waals surface area contributed by atoms with Crippen molar-refractivity contribution in [3.8, 4) is 0 Å². The third-order valence-corrected chi connectivity index (χ3v) is 4.29. The van der Waals surface area contributed by atoms with Crippen molar-refractivity contribution in [1.29, 1.82) is 0 Å². The molecular weight excluding hydrogens is 348 g/mol. The van der Waals surface area contributed by atoms with Gasteiger partial charge in [0.15, 0.2) is 11.4 Å². The third-order valence-electron chi connectivity index (χ3n) is 3.33. The van der Waals surface area contributed by atoms with Crippen molar-refractivity contribution in [3.05, 3.63) is 55.3 Å². The smallest absolute Gasteiger partial charge is 0.303 e. The normalized spacial score (nSPS) is 11.3. The number of aromatic nitrogens is 1. The largest absolute Gasteiger partial charge is 0.441 e. The zero-order valence-electron chi connectivity index (χ0n) is 13.2. The number of hydrogen-bond acceptors (Lipinski definition) is 8. The van der Waals surface area contributed by atoms with Crippen molar-refractivity contribution in [3.63, 3.8) is 0 Å². The number of rotatable bonds is 5. The van der Waals surface area contributed by atoms with Crippen LogP contribution in [0.3, 0.4) is 0 Å². The molecular formula is C15H12N4O5S. The van der Waals surface area contributed by atoms with E-state index in [1.807, 2.05) is 25.1 Å². The quantitative estimate of drug-likeness (QED) is 0.500. The van der Waals surface area contributed by atoms with E-state index in [9.17, 15) is 20.2 Å². The van der Waals surface area contributed by atoms with E-state index in [2.05, 4.69) is 4.98 Å². The zero-order valence-corrected chi connectivity index (χ0v) is 14.0. The molecule has 128 valence electrons. The Labute approximate surface area is 145 Å². The number of nitro benzene ring substituents is 2. The highest BCUT2D eigenvalue weighted by Gasteiger charge is 2.22. The van der Waals surface area contributed by atoms with Crippen LogP contribution < -0.4 is 4.90 Å². The van der Waals surface area contributed by atoms with Crippen molar-refractivity contribution in [2.24, 2.45) is 0 Å². The van der Waals surface area contributed by atoms with E-state index in [0.29, 0.717) is 21.4 Å². The van der Waals surface area contributed by atoms with Crippen molar-refractivity contribution in [2.75, 3.05) is 19.0 Å². The summed E-state index contributed by atoms with van der Waals surface area (Å²) in [5.41, 5.74) is -0.582. The van der Waals surface area contributed by atoms with Crippen LogP contribution in [-0.2, 0) is 0 Å². The number of non-ortho nitro benzene ring substituents is 2. The molecule has 0 bridgehead atoms. The molecule has 0 amide bonds.